The van der Waals surface area contributed by atoms with E-state index < -0.39 is 11.7 Å². The number of nitrogens with zero attached hydrogens (tertiary/aromatic N) is 4. The van der Waals surface area contributed by atoms with E-state index in [0.717, 1.165) is 12.1 Å². The van der Waals surface area contributed by atoms with E-state index >= 15 is 0 Å². The van der Waals surface area contributed by atoms with Gasteiger partial charge in [-0.1, -0.05) is 5.10 Å². The molecule has 0 aliphatic heterocycles. The summed E-state index contributed by atoms with van der Waals surface area (Å²) in [7, 11) is 1.56. The minimum atomic E-state index is -0.581. The molecule has 0 aliphatic carbocycles. The molecule has 0 spiro atoms. The predicted octanol–water partition coefficient (Wildman–Crippen LogP) is 0.184. The van der Waals surface area contributed by atoms with Crippen LogP contribution in [0.1, 0.15) is 10.4 Å². The summed E-state index contributed by atoms with van der Waals surface area (Å²) in [6.45, 7) is 0. The van der Waals surface area contributed by atoms with E-state index in [0.29, 0.717) is 0 Å². The molecule has 17 heavy (non-hydrogen) atoms. The third kappa shape index (κ3) is 2.54. The first-order valence-corrected chi connectivity index (χ1v) is 4.66. The first-order chi connectivity index (χ1) is 8.04. The molecule has 1 amide bonds. The van der Waals surface area contributed by atoms with Gasteiger partial charge in [0, 0.05) is 11.3 Å². The minimum absolute atomic E-state index is 0.0420. The van der Waals surface area contributed by atoms with E-state index in [4.69, 9.17) is 5.73 Å². The molecular formula is C9H9FN6O. The fourth-order valence-corrected chi connectivity index (χ4v) is 1.25. The molecule has 0 radical (unpaired) electrons. The van der Waals surface area contributed by atoms with Crippen LogP contribution in [0.5, 0.6) is 0 Å². The number of carbonyl (C=O) groups is 1. The number of nitrogens with one attached hydrogen (secondary N) is 1. The number of carbonyl (C=O) groups excluding carboxylic acids is 1. The number of hydrogen-bond donors (Lipinski definition) is 2. The van der Waals surface area contributed by atoms with Gasteiger partial charge in [-0.05, 0) is 23.4 Å². The molecule has 88 valence electrons. The van der Waals surface area contributed by atoms with E-state index in [2.05, 4.69) is 20.7 Å². The molecule has 1 aromatic carbocycles. The topological polar surface area (TPSA) is 98.7 Å². The van der Waals surface area contributed by atoms with Gasteiger partial charge in [-0.15, -0.1) is 5.10 Å². The average molecular weight is 236 g/mol. The summed E-state index contributed by atoms with van der Waals surface area (Å²) in [6, 6.07) is 3.55. The largest absolute Gasteiger partial charge is 0.399 e. The van der Waals surface area contributed by atoms with Crippen LogP contribution in [0, 0.1) is 5.82 Å². The molecule has 2 rings (SSSR count). The normalized spacial score (nSPS) is 10.2. The molecule has 2 aromatic rings. The third-order valence-electron chi connectivity index (χ3n) is 1.92. The van der Waals surface area contributed by atoms with Gasteiger partial charge in [-0.3, -0.25) is 10.1 Å². The SMILES string of the molecule is Cn1nnc(NC(=O)c2cc(N)cc(F)c2)n1. The van der Waals surface area contributed by atoms with E-state index in [1.165, 1.54) is 10.9 Å². The van der Waals surface area contributed by atoms with Crippen molar-refractivity contribution in [2.45, 2.75) is 0 Å². The summed E-state index contributed by atoms with van der Waals surface area (Å²) in [5.41, 5.74) is 5.69. The van der Waals surface area contributed by atoms with Crippen LogP contribution >= 0.6 is 0 Å². The zero-order chi connectivity index (χ0) is 12.4. The van der Waals surface area contributed by atoms with Gasteiger partial charge in [-0.25, -0.2) is 4.39 Å². The van der Waals surface area contributed by atoms with Gasteiger partial charge >= 0.3 is 0 Å². The number of rotatable bonds is 2. The Morgan fingerprint density at radius 2 is 2.24 bits per heavy atom. The summed E-state index contributed by atoms with van der Waals surface area (Å²) >= 11 is 0. The smallest absolute Gasteiger partial charge is 0.270 e. The van der Waals surface area contributed by atoms with Crippen molar-refractivity contribution in [2.24, 2.45) is 7.05 Å². The molecular weight excluding hydrogens is 227 g/mol. The molecule has 7 nitrogen and oxygen atoms in total. The number of aromatic nitrogens is 4. The molecule has 0 fully saturated rings. The second kappa shape index (κ2) is 4.16. The molecule has 1 aromatic heterocycles. The van der Waals surface area contributed by atoms with Crippen molar-refractivity contribution >= 4 is 17.5 Å². The van der Waals surface area contributed by atoms with Crippen molar-refractivity contribution in [2.75, 3.05) is 11.1 Å². The number of amides is 1. The first-order valence-electron chi connectivity index (χ1n) is 4.66. The molecule has 0 aliphatic rings. The summed E-state index contributed by atoms with van der Waals surface area (Å²) in [5, 5.41) is 13.2. The van der Waals surface area contributed by atoms with Crippen molar-refractivity contribution in [3.8, 4) is 0 Å². The van der Waals surface area contributed by atoms with Gasteiger partial charge in [0.15, 0.2) is 0 Å². The molecule has 0 bridgehead atoms. The van der Waals surface area contributed by atoms with Gasteiger partial charge < -0.3 is 5.73 Å². The number of hydrogen-bond acceptors (Lipinski definition) is 5. The second-order valence-corrected chi connectivity index (χ2v) is 3.33. The van der Waals surface area contributed by atoms with E-state index in [1.54, 1.807) is 7.05 Å². The lowest BCUT2D eigenvalue weighted by atomic mass is 10.2. The zero-order valence-electron chi connectivity index (χ0n) is 8.88. The summed E-state index contributed by atoms with van der Waals surface area (Å²) in [6.07, 6.45) is 0. The van der Waals surface area contributed by atoms with Crippen LogP contribution in [-0.2, 0) is 7.05 Å². The molecule has 0 atom stereocenters. The maximum atomic E-state index is 13.0. The van der Waals surface area contributed by atoms with Crippen LogP contribution in [0.25, 0.3) is 0 Å². The van der Waals surface area contributed by atoms with Crippen molar-refractivity contribution in [1.82, 2.24) is 20.2 Å². The number of nitrogen functional groups attached to an aromatic ring is 1. The van der Waals surface area contributed by atoms with Crippen molar-refractivity contribution in [3.63, 3.8) is 0 Å². The van der Waals surface area contributed by atoms with Gasteiger partial charge in [0.25, 0.3) is 11.9 Å². The number of halogens is 1. The maximum absolute atomic E-state index is 13.0. The highest BCUT2D eigenvalue weighted by Crippen LogP contribution is 2.11. The lowest BCUT2D eigenvalue weighted by molar-refractivity contribution is 0.102. The highest BCUT2D eigenvalue weighted by Gasteiger charge is 2.11. The Morgan fingerprint density at radius 3 is 2.82 bits per heavy atom. The molecule has 1 heterocycles. The number of anilines is 2. The zero-order valence-corrected chi connectivity index (χ0v) is 8.88. The van der Waals surface area contributed by atoms with Crippen molar-refractivity contribution < 1.29 is 9.18 Å². The molecule has 0 unspecified atom stereocenters. The number of tetrazole rings is 1. The number of nitrogens with two attached hydrogens (primary N) is 1. The minimum Gasteiger partial charge on any atom is -0.399 e. The Balaban J connectivity index is 2.19. The highest BCUT2D eigenvalue weighted by atomic mass is 19.1. The number of aryl methyl sites for hydroxylation is 1. The fraction of sp³-hybridized carbons (Fsp3) is 0.111. The summed E-state index contributed by atoms with van der Waals surface area (Å²) in [4.78, 5) is 12.9. The Labute approximate surface area is 95.4 Å². The predicted molar refractivity (Wildman–Crippen MR) is 57.6 cm³/mol. The molecule has 0 saturated heterocycles. The quantitative estimate of drug-likeness (QED) is 0.725. The standard InChI is InChI=1S/C9H9FN6O/c1-16-14-9(13-15-16)12-8(17)5-2-6(10)4-7(11)3-5/h2-4H,11H2,1H3,(H,12,14,17). The van der Waals surface area contributed by atoms with Gasteiger partial charge in [0.2, 0.25) is 0 Å². The fourth-order valence-electron chi connectivity index (χ4n) is 1.25. The lowest BCUT2D eigenvalue weighted by Crippen LogP contribution is -2.14. The van der Waals surface area contributed by atoms with E-state index in [-0.39, 0.29) is 17.2 Å². The Morgan fingerprint density at radius 1 is 1.47 bits per heavy atom. The third-order valence-corrected chi connectivity index (χ3v) is 1.92. The van der Waals surface area contributed by atoms with E-state index in [1.807, 2.05) is 0 Å². The second-order valence-electron chi connectivity index (χ2n) is 3.33. The van der Waals surface area contributed by atoms with Crippen LogP contribution in [0.2, 0.25) is 0 Å². The Bertz CT molecular complexity index is 546. The summed E-state index contributed by atoms with van der Waals surface area (Å²) in [5.74, 6) is -1.09. The van der Waals surface area contributed by atoms with Crippen LogP contribution in [-0.4, -0.2) is 26.1 Å². The molecule has 0 saturated carbocycles. The van der Waals surface area contributed by atoms with E-state index in [9.17, 15) is 9.18 Å². The van der Waals surface area contributed by atoms with Crippen LogP contribution < -0.4 is 11.1 Å². The Kier molecular flexibility index (Phi) is 2.69. The average Bonchev–Trinajstić information content (AvgIpc) is 2.62. The monoisotopic (exact) mass is 236 g/mol. The van der Waals surface area contributed by atoms with Crippen LogP contribution in [0.4, 0.5) is 16.0 Å². The molecule has 8 heteroatoms. The molecule has 3 N–H and O–H groups in total. The van der Waals surface area contributed by atoms with Crippen molar-refractivity contribution in [3.05, 3.63) is 29.6 Å². The highest BCUT2D eigenvalue weighted by molar-refractivity contribution is 6.03. The van der Waals surface area contributed by atoms with Gasteiger partial charge in [0.05, 0.1) is 7.05 Å². The van der Waals surface area contributed by atoms with Gasteiger partial charge in [-0.2, -0.15) is 4.80 Å². The van der Waals surface area contributed by atoms with Crippen LogP contribution in [0.15, 0.2) is 18.2 Å². The summed E-state index contributed by atoms with van der Waals surface area (Å²) < 4.78 is 13.0. The van der Waals surface area contributed by atoms with Crippen LogP contribution in [0.3, 0.4) is 0 Å². The first kappa shape index (κ1) is 11.0. The maximum Gasteiger partial charge on any atom is 0.270 e. The van der Waals surface area contributed by atoms with Gasteiger partial charge in [0.1, 0.15) is 5.82 Å². The number of benzene rings is 1. The van der Waals surface area contributed by atoms with Crippen molar-refractivity contribution in [1.29, 1.82) is 0 Å². The lowest BCUT2D eigenvalue weighted by Gasteiger charge is -2.02. The Hall–Kier alpha value is -2.51.